The van der Waals surface area contributed by atoms with Gasteiger partial charge in [0.15, 0.2) is 0 Å². The molecule has 344 valence electrons. The molecule has 7 nitrogen and oxygen atoms in total. The molecule has 0 saturated carbocycles. The van der Waals surface area contributed by atoms with E-state index in [1.54, 1.807) is 28.4 Å². The Hall–Kier alpha value is -5.60. The number of aryl methyl sites for hydroxylation is 8. The van der Waals surface area contributed by atoms with Crippen LogP contribution in [0.2, 0.25) is 0 Å². The fourth-order valence-corrected chi connectivity index (χ4v) is 9.85. The number of hydrogen-bond donors (Lipinski definition) is 3. The molecule has 6 rings (SSSR count). The highest BCUT2D eigenvalue weighted by Gasteiger charge is 2.32. The third kappa shape index (κ3) is 9.98. The van der Waals surface area contributed by atoms with Gasteiger partial charge in [0, 0.05) is 36.7 Å². The van der Waals surface area contributed by atoms with E-state index >= 15 is 0 Å². The molecule has 0 radical (unpaired) electrons. The van der Waals surface area contributed by atoms with E-state index in [2.05, 4.69) is 129 Å². The van der Waals surface area contributed by atoms with Crippen LogP contribution in [0.1, 0.15) is 131 Å². The zero-order valence-electron chi connectivity index (χ0n) is 41.3. The first kappa shape index (κ1) is 48.8. The molecule has 0 unspecified atom stereocenters. The number of hydrogen-bond acceptors (Lipinski definition) is 7. The smallest absolute Gasteiger partial charge is 0.126 e. The van der Waals surface area contributed by atoms with Gasteiger partial charge in [-0.25, -0.2) is 0 Å². The van der Waals surface area contributed by atoms with Gasteiger partial charge < -0.3 is 34.3 Å². The van der Waals surface area contributed by atoms with Crippen molar-refractivity contribution >= 4 is 0 Å². The lowest BCUT2D eigenvalue weighted by atomic mass is 9.72. The predicted octanol–water partition coefficient (Wildman–Crippen LogP) is 11.4. The fraction of sp³-hybridized carbons (Fsp3) is 0.379. The summed E-state index contributed by atoms with van der Waals surface area (Å²) in [6.07, 6.45) is 2.42. The summed E-state index contributed by atoms with van der Waals surface area (Å²) in [5.74, 6) is 3.34. The molecule has 0 fully saturated rings. The molecule has 0 spiro atoms. The SMILES string of the molecule is COc1cc(C)c(Cc2cc(C(C)(C)c3cc(Cc4cc(C)c(OC)cc4C)c(OC)c(Cc4cc(C)c(CO)cc4C)c3CO)cc(Cc3cc(C)c(CO)cc3C)c2OC)cc1C. The van der Waals surface area contributed by atoms with Crippen molar-refractivity contribution in [3.05, 3.63) is 184 Å². The third-order valence-corrected chi connectivity index (χ3v) is 13.9. The van der Waals surface area contributed by atoms with Gasteiger partial charge in [0.25, 0.3) is 0 Å². The van der Waals surface area contributed by atoms with Crippen molar-refractivity contribution in [2.45, 2.75) is 120 Å². The van der Waals surface area contributed by atoms with Crippen molar-refractivity contribution in [2.24, 2.45) is 0 Å². The van der Waals surface area contributed by atoms with Crippen LogP contribution in [0.3, 0.4) is 0 Å². The van der Waals surface area contributed by atoms with Crippen molar-refractivity contribution in [1.29, 1.82) is 0 Å². The second kappa shape index (κ2) is 20.3. The molecule has 0 aromatic heterocycles. The first-order valence-electron chi connectivity index (χ1n) is 22.6. The van der Waals surface area contributed by atoms with E-state index in [0.717, 1.165) is 123 Å². The van der Waals surface area contributed by atoms with Gasteiger partial charge in [-0.05, 0) is 179 Å². The molecular weight excluding hydrogens is 809 g/mol. The van der Waals surface area contributed by atoms with Crippen LogP contribution in [-0.4, -0.2) is 43.8 Å². The molecule has 0 aliphatic rings. The maximum atomic E-state index is 11.7. The van der Waals surface area contributed by atoms with Gasteiger partial charge in [-0.3, -0.25) is 0 Å². The van der Waals surface area contributed by atoms with Gasteiger partial charge in [0.2, 0.25) is 0 Å². The quantitative estimate of drug-likeness (QED) is 0.0839. The molecule has 3 N–H and O–H groups in total. The maximum Gasteiger partial charge on any atom is 0.126 e. The Morgan fingerprint density at radius 2 is 0.708 bits per heavy atom. The first-order valence-corrected chi connectivity index (χ1v) is 22.6. The van der Waals surface area contributed by atoms with Crippen LogP contribution in [0.5, 0.6) is 23.0 Å². The van der Waals surface area contributed by atoms with Crippen LogP contribution < -0.4 is 18.9 Å². The highest BCUT2D eigenvalue weighted by atomic mass is 16.5. The highest BCUT2D eigenvalue weighted by Crippen LogP contribution is 2.45. The Morgan fingerprint density at radius 1 is 0.354 bits per heavy atom. The monoisotopic (exact) mass is 879 g/mol. The van der Waals surface area contributed by atoms with E-state index in [-0.39, 0.29) is 19.8 Å². The Labute approximate surface area is 388 Å². The summed E-state index contributed by atoms with van der Waals surface area (Å²) < 4.78 is 24.2. The van der Waals surface area contributed by atoms with Crippen LogP contribution in [0.15, 0.2) is 66.7 Å². The van der Waals surface area contributed by atoms with Gasteiger partial charge in [-0.15, -0.1) is 0 Å². The number of methoxy groups -OCH3 is 4. The summed E-state index contributed by atoms with van der Waals surface area (Å²) in [5, 5.41) is 31.9. The van der Waals surface area contributed by atoms with E-state index in [9.17, 15) is 15.3 Å². The van der Waals surface area contributed by atoms with Crippen LogP contribution >= 0.6 is 0 Å². The van der Waals surface area contributed by atoms with Gasteiger partial charge >= 0.3 is 0 Å². The van der Waals surface area contributed by atoms with E-state index in [1.165, 1.54) is 16.7 Å². The van der Waals surface area contributed by atoms with Gasteiger partial charge in [-0.2, -0.15) is 0 Å². The van der Waals surface area contributed by atoms with Gasteiger partial charge in [-0.1, -0.05) is 68.4 Å². The van der Waals surface area contributed by atoms with Crippen LogP contribution in [-0.2, 0) is 50.9 Å². The van der Waals surface area contributed by atoms with Crippen LogP contribution in [0, 0.1) is 55.4 Å². The standard InChI is InChI=1S/C58H70O7/c1-33-17-48(30-59)35(3)15-41(33)23-45-26-50(27-46(56(45)64-13)24-42-19-39(7)54(62-11)21-37(42)5)58(9,10)53-29-47(25-43-20-40(8)55(63-12)22-38(43)6)57(65-14)51(52(53)32-61)28-44-16-36(4)49(31-60)18-34(44)2/h15-22,26-27,29,59-61H,23-25,28,30-32H2,1-14H3. The zero-order chi connectivity index (χ0) is 47.5. The molecule has 0 aliphatic carbocycles. The Morgan fingerprint density at radius 3 is 1.09 bits per heavy atom. The molecule has 0 bridgehead atoms. The minimum Gasteiger partial charge on any atom is -0.496 e. The molecule has 6 aromatic carbocycles. The van der Waals surface area contributed by atoms with Gasteiger partial charge in [0.05, 0.1) is 48.3 Å². The van der Waals surface area contributed by atoms with E-state index < -0.39 is 5.41 Å². The Bertz CT molecular complexity index is 2640. The van der Waals surface area contributed by atoms with Crippen molar-refractivity contribution in [3.8, 4) is 23.0 Å². The maximum absolute atomic E-state index is 11.7. The molecule has 0 aliphatic heterocycles. The summed E-state index contributed by atoms with van der Waals surface area (Å²) in [4.78, 5) is 0. The van der Waals surface area contributed by atoms with E-state index in [0.29, 0.717) is 25.7 Å². The average molecular weight is 879 g/mol. The Kier molecular flexibility index (Phi) is 15.2. The molecule has 7 heteroatoms. The second-order valence-electron chi connectivity index (χ2n) is 18.6. The molecule has 0 amide bonds. The minimum atomic E-state index is -0.628. The summed E-state index contributed by atoms with van der Waals surface area (Å²) >= 11 is 0. The normalized spacial score (nSPS) is 11.6. The lowest BCUT2D eigenvalue weighted by Gasteiger charge is -2.33. The lowest BCUT2D eigenvalue weighted by molar-refractivity contribution is 0.276. The predicted molar refractivity (Wildman–Crippen MR) is 264 cm³/mol. The minimum absolute atomic E-state index is 0.00542. The molecular formula is C58H70O7. The topological polar surface area (TPSA) is 97.6 Å². The molecule has 65 heavy (non-hydrogen) atoms. The number of rotatable bonds is 17. The molecule has 0 atom stereocenters. The number of benzene rings is 6. The van der Waals surface area contributed by atoms with Crippen molar-refractivity contribution in [2.75, 3.05) is 28.4 Å². The third-order valence-electron chi connectivity index (χ3n) is 13.9. The summed E-state index contributed by atoms with van der Waals surface area (Å²) in [5.41, 5.74) is 21.6. The molecule has 0 heterocycles. The number of aliphatic hydroxyl groups excluding tert-OH is 3. The molecule has 6 aromatic rings. The first-order chi connectivity index (χ1) is 30.9. The van der Waals surface area contributed by atoms with E-state index in [1.807, 2.05) is 6.92 Å². The molecule has 0 saturated heterocycles. The van der Waals surface area contributed by atoms with Crippen molar-refractivity contribution in [3.63, 3.8) is 0 Å². The number of ether oxygens (including phenoxy) is 4. The summed E-state index contributed by atoms with van der Waals surface area (Å²) in [7, 11) is 6.91. The van der Waals surface area contributed by atoms with Gasteiger partial charge in [0.1, 0.15) is 23.0 Å². The average Bonchev–Trinajstić information content (AvgIpc) is 3.27. The lowest BCUT2D eigenvalue weighted by Crippen LogP contribution is -2.24. The van der Waals surface area contributed by atoms with E-state index in [4.69, 9.17) is 18.9 Å². The largest absolute Gasteiger partial charge is 0.496 e. The van der Waals surface area contributed by atoms with Crippen molar-refractivity contribution < 1.29 is 34.3 Å². The summed E-state index contributed by atoms with van der Waals surface area (Å²) in [6, 6.07) is 24.0. The second-order valence-corrected chi connectivity index (χ2v) is 18.6. The highest BCUT2D eigenvalue weighted by molar-refractivity contribution is 5.61. The van der Waals surface area contributed by atoms with Crippen molar-refractivity contribution in [1.82, 2.24) is 0 Å². The zero-order valence-corrected chi connectivity index (χ0v) is 41.3. The number of aliphatic hydroxyl groups is 3. The fourth-order valence-electron chi connectivity index (χ4n) is 9.85. The van der Waals surface area contributed by atoms with Crippen LogP contribution in [0.4, 0.5) is 0 Å². The Balaban J connectivity index is 1.64. The summed E-state index contributed by atoms with van der Waals surface area (Å²) in [6.45, 7) is 21.0. The van der Waals surface area contributed by atoms with Crippen LogP contribution in [0.25, 0.3) is 0 Å².